The Morgan fingerprint density at radius 3 is 2.50 bits per heavy atom. The summed E-state index contributed by atoms with van der Waals surface area (Å²) in [7, 11) is 0. The van der Waals surface area contributed by atoms with Crippen LogP contribution < -0.4 is 0 Å². The number of nitrogens with zero attached hydrogens (tertiary/aromatic N) is 3. The lowest BCUT2D eigenvalue weighted by molar-refractivity contribution is 0.842. The fourth-order valence-corrected chi connectivity index (χ4v) is 1.85. The van der Waals surface area contributed by atoms with Crippen LogP contribution in [-0.2, 0) is 0 Å². The molecular weight excluding hydrogens is 222 g/mol. The number of para-hydroxylation sites is 1. The van der Waals surface area contributed by atoms with Crippen molar-refractivity contribution in [3.8, 4) is 17.1 Å². The van der Waals surface area contributed by atoms with E-state index in [-0.39, 0.29) is 0 Å². The van der Waals surface area contributed by atoms with Gasteiger partial charge in [-0.25, -0.2) is 9.67 Å². The zero-order valence-corrected chi connectivity index (χ0v) is 10.0. The van der Waals surface area contributed by atoms with Crippen LogP contribution in [0.4, 0.5) is 0 Å². The van der Waals surface area contributed by atoms with E-state index in [4.69, 9.17) is 0 Å². The maximum atomic E-state index is 4.52. The summed E-state index contributed by atoms with van der Waals surface area (Å²) in [5, 5.41) is 4.52. The monoisotopic (exact) mass is 234 g/mol. The van der Waals surface area contributed by atoms with E-state index in [0.29, 0.717) is 5.82 Å². The van der Waals surface area contributed by atoms with Gasteiger partial charge in [-0.05, 0) is 25.1 Å². The molecule has 0 spiro atoms. The van der Waals surface area contributed by atoms with Crippen LogP contribution in [0.2, 0.25) is 0 Å². The highest BCUT2D eigenvalue weighted by Crippen LogP contribution is 2.16. The van der Waals surface area contributed by atoms with E-state index in [9.17, 15) is 0 Å². The molecule has 87 valence electrons. The van der Waals surface area contributed by atoms with Gasteiger partial charge in [0.15, 0.2) is 5.82 Å². The Bertz CT molecular complexity index is 642. The first-order valence-corrected chi connectivity index (χ1v) is 5.81. The minimum absolute atomic E-state index is 0.706. The summed E-state index contributed by atoms with van der Waals surface area (Å²) >= 11 is 0. The van der Waals surface area contributed by atoms with Crippen molar-refractivity contribution in [3.63, 3.8) is 0 Å². The van der Waals surface area contributed by atoms with Crippen molar-refractivity contribution < 1.29 is 0 Å². The van der Waals surface area contributed by atoms with E-state index in [1.807, 2.05) is 66.2 Å². The summed E-state index contributed by atoms with van der Waals surface area (Å²) < 4.78 is 1.84. The molecule has 3 rings (SSSR count). The molecule has 3 nitrogen and oxygen atoms in total. The molecule has 1 heterocycles. The molecule has 3 aromatic rings. The Morgan fingerprint density at radius 1 is 1.00 bits per heavy atom. The number of rotatable bonds is 2. The third kappa shape index (κ3) is 1.91. The highest BCUT2D eigenvalue weighted by Gasteiger charge is 2.09. The van der Waals surface area contributed by atoms with E-state index >= 15 is 0 Å². The summed E-state index contributed by atoms with van der Waals surface area (Å²) in [6.07, 6.45) is 0. The average Bonchev–Trinajstić information content (AvgIpc) is 2.83. The summed E-state index contributed by atoms with van der Waals surface area (Å²) in [5.74, 6) is 1.57. The molecule has 0 saturated carbocycles. The van der Waals surface area contributed by atoms with Gasteiger partial charge >= 0.3 is 0 Å². The third-order valence-electron chi connectivity index (χ3n) is 2.72. The van der Waals surface area contributed by atoms with Gasteiger partial charge in [0.05, 0.1) is 5.69 Å². The molecule has 0 aliphatic rings. The van der Waals surface area contributed by atoms with Gasteiger partial charge < -0.3 is 0 Å². The molecule has 0 amide bonds. The largest absolute Gasteiger partial charge is 0.218 e. The molecule has 18 heavy (non-hydrogen) atoms. The molecule has 0 unspecified atom stereocenters. The lowest BCUT2D eigenvalue weighted by Gasteiger charge is -2.00. The van der Waals surface area contributed by atoms with E-state index in [1.54, 1.807) is 0 Å². The van der Waals surface area contributed by atoms with Crippen LogP contribution in [0.25, 0.3) is 17.1 Å². The van der Waals surface area contributed by atoms with Crippen molar-refractivity contribution in [2.24, 2.45) is 0 Å². The van der Waals surface area contributed by atoms with Crippen LogP contribution in [-0.4, -0.2) is 14.8 Å². The molecule has 0 atom stereocenters. The normalized spacial score (nSPS) is 10.5. The lowest BCUT2D eigenvalue weighted by Crippen LogP contribution is -1.98. The highest BCUT2D eigenvalue weighted by molar-refractivity contribution is 5.53. The van der Waals surface area contributed by atoms with Crippen LogP contribution in [0.3, 0.4) is 0 Å². The van der Waals surface area contributed by atoms with E-state index in [0.717, 1.165) is 17.1 Å². The number of aromatic nitrogens is 3. The smallest absolute Gasteiger partial charge is 0.182 e. The fourth-order valence-electron chi connectivity index (χ4n) is 1.85. The van der Waals surface area contributed by atoms with Gasteiger partial charge in [0.25, 0.3) is 0 Å². The molecule has 2 aromatic carbocycles. The minimum Gasteiger partial charge on any atom is -0.218 e. The van der Waals surface area contributed by atoms with Crippen molar-refractivity contribution in [3.05, 3.63) is 66.5 Å². The average molecular weight is 234 g/mol. The molecule has 1 aromatic heterocycles. The van der Waals surface area contributed by atoms with Crippen molar-refractivity contribution >= 4 is 0 Å². The van der Waals surface area contributed by atoms with Crippen LogP contribution in [0.15, 0.2) is 54.6 Å². The zero-order chi connectivity index (χ0) is 12.4. The van der Waals surface area contributed by atoms with E-state index in [2.05, 4.69) is 16.1 Å². The second-order valence-corrected chi connectivity index (χ2v) is 4.01. The standard InChI is InChI=1S/C15H12N3/c1-12-16-15(13-8-4-2-5-9-13)17-18(12)14-10-6-3-7-11-14/h2-8,10-11H,1H3. The predicted octanol–water partition coefficient (Wildman–Crippen LogP) is 3.04. The molecule has 3 heteroatoms. The van der Waals surface area contributed by atoms with Gasteiger partial charge in [-0.3, -0.25) is 0 Å². The van der Waals surface area contributed by atoms with Crippen molar-refractivity contribution in [1.29, 1.82) is 0 Å². The quantitative estimate of drug-likeness (QED) is 0.682. The van der Waals surface area contributed by atoms with Crippen LogP contribution >= 0.6 is 0 Å². The number of benzene rings is 2. The lowest BCUT2D eigenvalue weighted by atomic mass is 10.2. The molecule has 0 bridgehead atoms. The van der Waals surface area contributed by atoms with Gasteiger partial charge in [-0.15, -0.1) is 5.10 Å². The Morgan fingerprint density at radius 2 is 1.78 bits per heavy atom. The summed E-state index contributed by atoms with van der Waals surface area (Å²) in [5.41, 5.74) is 1.93. The first kappa shape index (κ1) is 10.7. The SMILES string of the molecule is Cc1nc(-c2[c]cccc2)nn1-c1ccccc1. The molecule has 0 aliphatic carbocycles. The Labute approximate surface area is 106 Å². The third-order valence-corrected chi connectivity index (χ3v) is 2.72. The molecule has 0 fully saturated rings. The van der Waals surface area contributed by atoms with E-state index < -0.39 is 0 Å². The maximum Gasteiger partial charge on any atom is 0.182 e. The topological polar surface area (TPSA) is 30.7 Å². The van der Waals surface area contributed by atoms with E-state index in [1.165, 1.54) is 0 Å². The summed E-state index contributed by atoms with van der Waals surface area (Å²) in [6.45, 7) is 1.95. The van der Waals surface area contributed by atoms with Gasteiger partial charge in [-0.1, -0.05) is 42.5 Å². The zero-order valence-electron chi connectivity index (χ0n) is 10.0. The Balaban J connectivity index is 2.07. The van der Waals surface area contributed by atoms with Crippen molar-refractivity contribution in [2.75, 3.05) is 0 Å². The van der Waals surface area contributed by atoms with Crippen molar-refractivity contribution in [1.82, 2.24) is 14.8 Å². The Kier molecular flexibility index (Phi) is 2.65. The second-order valence-electron chi connectivity index (χ2n) is 4.01. The predicted molar refractivity (Wildman–Crippen MR) is 70.4 cm³/mol. The van der Waals surface area contributed by atoms with Gasteiger partial charge in [0, 0.05) is 5.56 Å². The minimum atomic E-state index is 0.706. The Hall–Kier alpha value is -2.42. The molecule has 0 N–H and O–H groups in total. The molecule has 0 aliphatic heterocycles. The summed E-state index contributed by atoms with van der Waals surface area (Å²) in [6, 6.07) is 20.9. The van der Waals surface area contributed by atoms with Crippen LogP contribution in [0.5, 0.6) is 0 Å². The van der Waals surface area contributed by atoms with Gasteiger partial charge in [0.1, 0.15) is 5.82 Å². The summed E-state index contributed by atoms with van der Waals surface area (Å²) in [4.78, 5) is 4.48. The first-order valence-electron chi connectivity index (χ1n) is 5.81. The van der Waals surface area contributed by atoms with Gasteiger partial charge in [-0.2, -0.15) is 0 Å². The maximum absolute atomic E-state index is 4.52. The van der Waals surface area contributed by atoms with Crippen LogP contribution in [0.1, 0.15) is 5.82 Å². The van der Waals surface area contributed by atoms with Gasteiger partial charge in [0.2, 0.25) is 0 Å². The molecule has 1 radical (unpaired) electrons. The second kappa shape index (κ2) is 4.45. The number of hydrogen-bond acceptors (Lipinski definition) is 2. The number of hydrogen-bond donors (Lipinski definition) is 0. The highest BCUT2D eigenvalue weighted by atomic mass is 15.3. The fraction of sp³-hybridized carbons (Fsp3) is 0.0667. The van der Waals surface area contributed by atoms with Crippen molar-refractivity contribution in [2.45, 2.75) is 6.92 Å². The molecule has 0 saturated heterocycles. The molecular formula is C15H12N3. The first-order chi connectivity index (χ1) is 8.84. The number of aryl methyl sites for hydroxylation is 1. The van der Waals surface area contributed by atoms with Crippen LogP contribution in [0, 0.1) is 13.0 Å².